The fourth-order valence-corrected chi connectivity index (χ4v) is 4.20. The van der Waals surface area contributed by atoms with E-state index < -0.39 is 16.4 Å². The van der Waals surface area contributed by atoms with Crippen molar-refractivity contribution in [1.82, 2.24) is 14.5 Å². The van der Waals surface area contributed by atoms with Crippen molar-refractivity contribution in [3.63, 3.8) is 0 Å². The van der Waals surface area contributed by atoms with Crippen LogP contribution in [0.5, 0.6) is 0 Å². The number of hydrogen-bond donors (Lipinski definition) is 2. The Hall–Kier alpha value is -3.23. The molecule has 0 radical (unpaired) electrons. The molecule has 0 aliphatic carbocycles. The van der Waals surface area contributed by atoms with Gasteiger partial charge >= 0.3 is 0 Å². The second-order valence-electron chi connectivity index (χ2n) is 6.27. The number of fused-ring (bicyclic) bond motifs is 1. The summed E-state index contributed by atoms with van der Waals surface area (Å²) in [6, 6.07) is 16.3. The number of aliphatic hydroxyl groups excluding tert-OH is 1. The number of hydrogen-bond acceptors (Lipinski definition) is 6. The highest BCUT2D eigenvalue weighted by molar-refractivity contribution is 7.91. The topological polar surface area (TPSA) is 111 Å². The van der Waals surface area contributed by atoms with Crippen LogP contribution in [-0.4, -0.2) is 40.4 Å². The van der Waals surface area contributed by atoms with Crippen molar-refractivity contribution in [1.29, 1.82) is 0 Å². The van der Waals surface area contributed by atoms with E-state index in [4.69, 9.17) is 10.8 Å². The van der Waals surface area contributed by atoms with Gasteiger partial charge < -0.3 is 15.4 Å². The van der Waals surface area contributed by atoms with E-state index in [1.165, 1.54) is 18.5 Å². The van der Waals surface area contributed by atoms with Gasteiger partial charge in [-0.05, 0) is 29.8 Å². The summed E-state index contributed by atoms with van der Waals surface area (Å²) >= 11 is 0. The van der Waals surface area contributed by atoms with E-state index in [2.05, 4.69) is 9.97 Å². The first-order valence-electron chi connectivity index (χ1n) is 8.62. The van der Waals surface area contributed by atoms with Gasteiger partial charge in [0, 0.05) is 17.4 Å². The van der Waals surface area contributed by atoms with Gasteiger partial charge in [-0.2, -0.15) is 0 Å². The molecule has 0 spiro atoms. The highest BCUT2D eigenvalue weighted by Gasteiger charge is 2.17. The number of benzene rings is 2. The zero-order valence-electron chi connectivity index (χ0n) is 14.9. The van der Waals surface area contributed by atoms with E-state index in [0.29, 0.717) is 11.5 Å². The van der Waals surface area contributed by atoms with E-state index in [9.17, 15) is 8.42 Å². The molecule has 0 amide bonds. The minimum absolute atomic E-state index is 0.166. The fourth-order valence-electron chi connectivity index (χ4n) is 3.17. The predicted octanol–water partition coefficient (Wildman–Crippen LogP) is 2.44. The summed E-state index contributed by atoms with van der Waals surface area (Å²) in [5, 5.41) is 9.68. The highest BCUT2D eigenvalue weighted by atomic mass is 32.2. The van der Waals surface area contributed by atoms with Crippen LogP contribution in [0.1, 0.15) is 0 Å². The van der Waals surface area contributed by atoms with Crippen molar-refractivity contribution in [3.8, 4) is 16.8 Å². The Balaban J connectivity index is 1.87. The number of aromatic nitrogens is 3. The van der Waals surface area contributed by atoms with Crippen LogP contribution in [0.2, 0.25) is 0 Å². The molecule has 28 heavy (non-hydrogen) atoms. The van der Waals surface area contributed by atoms with Crippen molar-refractivity contribution in [3.05, 3.63) is 67.1 Å². The highest BCUT2D eigenvalue weighted by Crippen LogP contribution is 2.34. The Bertz CT molecular complexity index is 1230. The molecule has 4 aromatic rings. The molecule has 2 heterocycles. The van der Waals surface area contributed by atoms with Crippen molar-refractivity contribution in [2.24, 2.45) is 0 Å². The van der Waals surface area contributed by atoms with Crippen LogP contribution in [0.4, 0.5) is 5.82 Å². The Kier molecular flexibility index (Phi) is 4.58. The maximum absolute atomic E-state index is 12.1. The molecule has 0 saturated carbocycles. The monoisotopic (exact) mass is 394 g/mol. The van der Waals surface area contributed by atoms with Gasteiger partial charge in [-0.25, -0.2) is 18.4 Å². The minimum atomic E-state index is -3.50. The van der Waals surface area contributed by atoms with E-state index in [-0.39, 0.29) is 10.6 Å². The zero-order valence-corrected chi connectivity index (χ0v) is 15.7. The van der Waals surface area contributed by atoms with Crippen LogP contribution in [0, 0.1) is 0 Å². The summed E-state index contributed by atoms with van der Waals surface area (Å²) in [6.07, 6.45) is 3.32. The third kappa shape index (κ3) is 3.12. The first kappa shape index (κ1) is 18.1. The molecule has 3 N–H and O–H groups in total. The van der Waals surface area contributed by atoms with Crippen LogP contribution < -0.4 is 5.73 Å². The molecule has 0 atom stereocenters. The van der Waals surface area contributed by atoms with Crippen molar-refractivity contribution in [2.75, 3.05) is 18.1 Å². The first-order valence-corrected chi connectivity index (χ1v) is 10.3. The molecule has 142 valence electrons. The molecule has 8 heteroatoms. The quantitative estimate of drug-likeness (QED) is 0.538. The number of rotatable bonds is 5. The Morgan fingerprint density at radius 2 is 1.71 bits per heavy atom. The molecule has 0 saturated heterocycles. The predicted molar refractivity (Wildman–Crippen MR) is 108 cm³/mol. The lowest BCUT2D eigenvalue weighted by Crippen LogP contribution is -2.10. The lowest BCUT2D eigenvalue weighted by molar-refractivity contribution is 0.319. The van der Waals surface area contributed by atoms with Crippen LogP contribution >= 0.6 is 0 Å². The molecule has 7 nitrogen and oxygen atoms in total. The molecule has 0 fully saturated rings. The second kappa shape index (κ2) is 7.06. The van der Waals surface area contributed by atoms with Gasteiger partial charge in [-0.1, -0.05) is 30.3 Å². The summed E-state index contributed by atoms with van der Waals surface area (Å²) in [6.45, 7) is -0.414. The summed E-state index contributed by atoms with van der Waals surface area (Å²) in [5.41, 5.74) is 9.39. The molecular weight excluding hydrogens is 376 g/mol. The number of aliphatic hydroxyl groups is 1. The zero-order chi connectivity index (χ0) is 19.7. The summed E-state index contributed by atoms with van der Waals surface area (Å²) < 4.78 is 26.1. The maximum Gasteiger partial charge on any atom is 0.180 e. The van der Waals surface area contributed by atoms with Crippen LogP contribution in [-0.2, 0) is 9.84 Å². The maximum atomic E-state index is 12.1. The summed E-state index contributed by atoms with van der Waals surface area (Å²) in [4.78, 5) is 8.67. The molecule has 4 rings (SSSR count). The fraction of sp³-hybridized carbons (Fsp3) is 0.100. The number of nitrogens with zero attached hydrogens (tertiary/aromatic N) is 3. The molecule has 0 aliphatic heterocycles. The molecule has 0 unspecified atom stereocenters. The third-order valence-electron chi connectivity index (χ3n) is 4.53. The molecule has 2 aromatic carbocycles. The van der Waals surface area contributed by atoms with E-state index in [1.807, 2.05) is 41.1 Å². The standard InChI is InChI=1S/C20H18N4O3S/c21-19-18-17(14-4-2-1-3-5-14)12-24(20(18)23-13-22-19)15-6-8-16(9-7-15)28(26,27)11-10-25/h1-9,12-13,25H,10-11H2,(H2,21,22,23). The van der Waals surface area contributed by atoms with Crippen molar-refractivity contribution < 1.29 is 13.5 Å². The van der Waals surface area contributed by atoms with Gasteiger partial charge in [0.1, 0.15) is 12.1 Å². The summed E-state index contributed by atoms with van der Waals surface area (Å²) in [5.74, 6) is 0.0745. The van der Waals surface area contributed by atoms with Gasteiger partial charge in [-0.3, -0.25) is 0 Å². The molecule has 0 aliphatic rings. The Labute approximate surface area is 162 Å². The number of anilines is 1. The molecular formula is C20H18N4O3S. The van der Waals surface area contributed by atoms with Gasteiger partial charge in [0.2, 0.25) is 0 Å². The second-order valence-corrected chi connectivity index (χ2v) is 8.38. The van der Waals surface area contributed by atoms with Gasteiger partial charge in [-0.15, -0.1) is 0 Å². The average molecular weight is 394 g/mol. The van der Waals surface area contributed by atoms with Crippen LogP contribution in [0.25, 0.3) is 27.8 Å². The normalized spacial score (nSPS) is 11.8. The van der Waals surface area contributed by atoms with Crippen LogP contribution in [0.15, 0.2) is 72.0 Å². The largest absolute Gasteiger partial charge is 0.395 e. The van der Waals surface area contributed by atoms with E-state index in [0.717, 1.165) is 22.2 Å². The molecule has 0 bridgehead atoms. The minimum Gasteiger partial charge on any atom is -0.395 e. The average Bonchev–Trinajstić information content (AvgIpc) is 3.10. The van der Waals surface area contributed by atoms with Crippen molar-refractivity contribution in [2.45, 2.75) is 4.90 Å². The lowest BCUT2D eigenvalue weighted by Gasteiger charge is -2.07. The number of nitrogen functional groups attached to an aromatic ring is 1. The van der Waals surface area contributed by atoms with Crippen molar-refractivity contribution >= 4 is 26.7 Å². The van der Waals surface area contributed by atoms with Gasteiger partial charge in [0.15, 0.2) is 15.5 Å². The van der Waals surface area contributed by atoms with Gasteiger partial charge in [0.05, 0.1) is 22.6 Å². The first-order chi connectivity index (χ1) is 13.5. The number of nitrogens with two attached hydrogens (primary N) is 1. The smallest absolute Gasteiger partial charge is 0.180 e. The SMILES string of the molecule is Nc1ncnc2c1c(-c1ccccc1)cn2-c1ccc(S(=O)(=O)CCO)cc1. The van der Waals surface area contributed by atoms with Gasteiger partial charge in [0.25, 0.3) is 0 Å². The number of sulfone groups is 1. The Morgan fingerprint density at radius 3 is 2.39 bits per heavy atom. The molecule has 2 aromatic heterocycles. The Morgan fingerprint density at radius 1 is 1.00 bits per heavy atom. The van der Waals surface area contributed by atoms with E-state index in [1.54, 1.807) is 12.1 Å². The lowest BCUT2D eigenvalue weighted by atomic mass is 10.1. The van der Waals surface area contributed by atoms with E-state index >= 15 is 0 Å². The summed E-state index contributed by atoms with van der Waals surface area (Å²) in [7, 11) is -3.50. The van der Waals surface area contributed by atoms with Crippen LogP contribution in [0.3, 0.4) is 0 Å². The third-order valence-corrected chi connectivity index (χ3v) is 6.24.